The Labute approximate surface area is 107 Å². The maximum absolute atomic E-state index is 6.37. The van der Waals surface area contributed by atoms with Crippen molar-refractivity contribution in [3.63, 3.8) is 0 Å². The maximum atomic E-state index is 6.37. The zero-order valence-corrected chi connectivity index (χ0v) is 10.9. The summed E-state index contributed by atoms with van der Waals surface area (Å²) in [5, 5.41) is 7.99. The van der Waals surface area contributed by atoms with Gasteiger partial charge in [-0.1, -0.05) is 17.3 Å². The number of aryl methyl sites for hydroxylation is 1. The van der Waals surface area contributed by atoms with Gasteiger partial charge in [0.05, 0.1) is 12.8 Å². The molecule has 0 bridgehead atoms. The molecule has 0 spiro atoms. The number of hydrogen-bond acceptors (Lipinski definition) is 4. The molecule has 5 heteroatoms. The molecule has 96 valence electrons. The number of rotatable bonds is 4. The molecule has 1 heterocycles. The number of nitrogens with two attached hydrogens (primary N) is 1. The quantitative estimate of drug-likeness (QED) is 0.881. The lowest BCUT2D eigenvalue weighted by atomic mass is 9.88. The molecular weight excluding hydrogens is 228 g/mol. The lowest BCUT2D eigenvalue weighted by Gasteiger charge is -2.24. The first-order chi connectivity index (χ1) is 8.51. The lowest BCUT2D eigenvalue weighted by Crippen LogP contribution is -2.35. The largest absolute Gasteiger partial charge is 0.497 e. The van der Waals surface area contributed by atoms with E-state index in [0.717, 1.165) is 17.0 Å². The van der Waals surface area contributed by atoms with Crippen molar-refractivity contribution in [2.75, 3.05) is 7.11 Å². The number of aromatic nitrogens is 3. The fourth-order valence-corrected chi connectivity index (χ4v) is 1.93. The minimum atomic E-state index is -0.495. The van der Waals surface area contributed by atoms with E-state index in [0.29, 0.717) is 6.42 Å². The van der Waals surface area contributed by atoms with Crippen molar-refractivity contribution >= 4 is 0 Å². The van der Waals surface area contributed by atoms with Gasteiger partial charge in [0.2, 0.25) is 0 Å². The Morgan fingerprint density at radius 2 is 2.22 bits per heavy atom. The van der Waals surface area contributed by atoms with Crippen LogP contribution in [0.4, 0.5) is 0 Å². The first kappa shape index (κ1) is 12.6. The Hall–Kier alpha value is -1.88. The number of benzene rings is 1. The SMILES string of the molecule is COc1cccc(C(C)(N)Cc2cn(C)nn2)c1. The molecule has 5 nitrogen and oxygen atoms in total. The van der Waals surface area contributed by atoms with Crippen LogP contribution < -0.4 is 10.5 Å². The van der Waals surface area contributed by atoms with Crippen LogP contribution in [0.15, 0.2) is 30.5 Å². The molecule has 2 aromatic rings. The van der Waals surface area contributed by atoms with Crippen molar-refractivity contribution < 1.29 is 4.74 Å². The van der Waals surface area contributed by atoms with Gasteiger partial charge in [-0.3, -0.25) is 4.68 Å². The van der Waals surface area contributed by atoms with Crippen LogP contribution in [-0.2, 0) is 19.0 Å². The summed E-state index contributed by atoms with van der Waals surface area (Å²) in [5.41, 5.74) is 7.78. The Balaban J connectivity index is 2.23. The highest BCUT2D eigenvalue weighted by molar-refractivity contribution is 5.33. The fraction of sp³-hybridized carbons (Fsp3) is 0.385. The molecule has 2 N–H and O–H groups in total. The molecule has 1 aromatic carbocycles. The van der Waals surface area contributed by atoms with E-state index < -0.39 is 5.54 Å². The van der Waals surface area contributed by atoms with Crippen molar-refractivity contribution in [2.24, 2.45) is 12.8 Å². The molecular formula is C13H18N4O. The molecule has 0 fully saturated rings. The molecule has 18 heavy (non-hydrogen) atoms. The summed E-state index contributed by atoms with van der Waals surface area (Å²) in [7, 11) is 3.49. The van der Waals surface area contributed by atoms with E-state index in [1.165, 1.54) is 0 Å². The molecule has 0 saturated carbocycles. The molecule has 1 atom stereocenters. The van der Waals surface area contributed by atoms with Crippen LogP contribution in [0.5, 0.6) is 5.75 Å². The predicted molar refractivity (Wildman–Crippen MR) is 69.2 cm³/mol. The highest BCUT2D eigenvalue weighted by Crippen LogP contribution is 2.25. The van der Waals surface area contributed by atoms with Gasteiger partial charge in [0.25, 0.3) is 0 Å². The van der Waals surface area contributed by atoms with Crippen LogP contribution in [0.1, 0.15) is 18.2 Å². The van der Waals surface area contributed by atoms with E-state index in [9.17, 15) is 0 Å². The zero-order chi connectivity index (χ0) is 13.2. The third-order valence-electron chi connectivity index (χ3n) is 2.93. The van der Waals surface area contributed by atoms with Crippen molar-refractivity contribution in [2.45, 2.75) is 18.9 Å². The molecule has 1 unspecified atom stereocenters. The Morgan fingerprint density at radius 3 is 2.83 bits per heavy atom. The van der Waals surface area contributed by atoms with Crippen molar-refractivity contribution in [3.05, 3.63) is 41.7 Å². The molecule has 0 aliphatic heterocycles. The van der Waals surface area contributed by atoms with Gasteiger partial charge < -0.3 is 10.5 Å². The van der Waals surface area contributed by atoms with Gasteiger partial charge >= 0.3 is 0 Å². The topological polar surface area (TPSA) is 66.0 Å². The summed E-state index contributed by atoms with van der Waals surface area (Å²) in [6.07, 6.45) is 2.51. The standard InChI is InChI=1S/C13H18N4O/c1-13(14,8-11-9-17(2)16-15-11)10-5-4-6-12(7-10)18-3/h4-7,9H,8,14H2,1-3H3. The second kappa shape index (κ2) is 4.78. The summed E-state index contributed by atoms with van der Waals surface area (Å²) in [4.78, 5) is 0. The van der Waals surface area contributed by atoms with E-state index in [-0.39, 0.29) is 0 Å². The van der Waals surface area contributed by atoms with E-state index in [4.69, 9.17) is 10.5 Å². The number of nitrogens with zero attached hydrogens (tertiary/aromatic N) is 3. The van der Waals surface area contributed by atoms with Gasteiger partial charge in [-0.2, -0.15) is 0 Å². The van der Waals surface area contributed by atoms with E-state index in [2.05, 4.69) is 10.3 Å². The summed E-state index contributed by atoms with van der Waals surface area (Å²) in [6.45, 7) is 1.98. The van der Waals surface area contributed by atoms with Gasteiger partial charge in [0, 0.05) is 25.2 Å². The molecule has 1 aromatic heterocycles. The molecule has 0 amide bonds. The summed E-state index contributed by atoms with van der Waals surface area (Å²) in [6, 6.07) is 7.80. The van der Waals surface area contributed by atoms with E-state index in [1.807, 2.05) is 44.4 Å². The van der Waals surface area contributed by atoms with Crippen LogP contribution in [0.2, 0.25) is 0 Å². The highest BCUT2D eigenvalue weighted by Gasteiger charge is 2.23. The number of methoxy groups -OCH3 is 1. The molecule has 2 rings (SSSR count). The van der Waals surface area contributed by atoms with Crippen molar-refractivity contribution in [1.29, 1.82) is 0 Å². The molecule has 0 aliphatic rings. The third-order valence-corrected chi connectivity index (χ3v) is 2.93. The monoisotopic (exact) mass is 246 g/mol. The smallest absolute Gasteiger partial charge is 0.119 e. The van der Waals surface area contributed by atoms with Crippen molar-refractivity contribution in [3.8, 4) is 5.75 Å². The normalized spacial score (nSPS) is 14.2. The van der Waals surface area contributed by atoms with E-state index >= 15 is 0 Å². The van der Waals surface area contributed by atoms with Gasteiger partial charge in [0.15, 0.2) is 0 Å². The third kappa shape index (κ3) is 2.68. The molecule has 0 aliphatic carbocycles. The van der Waals surface area contributed by atoms with Crippen LogP contribution in [0, 0.1) is 0 Å². The highest BCUT2D eigenvalue weighted by atomic mass is 16.5. The second-order valence-electron chi connectivity index (χ2n) is 4.71. The van der Waals surface area contributed by atoms with Crippen LogP contribution in [0.3, 0.4) is 0 Å². The second-order valence-corrected chi connectivity index (χ2v) is 4.71. The Kier molecular flexibility index (Phi) is 3.34. The number of hydrogen-bond donors (Lipinski definition) is 1. The Morgan fingerprint density at radius 1 is 1.44 bits per heavy atom. The van der Waals surface area contributed by atoms with Crippen LogP contribution in [-0.4, -0.2) is 22.1 Å². The van der Waals surface area contributed by atoms with Gasteiger partial charge in [0.1, 0.15) is 5.75 Å². The first-order valence-corrected chi connectivity index (χ1v) is 5.80. The summed E-state index contributed by atoms with van der Waals surface area (Å²) >= 11 is 0. The minimum absolute atomic E-state index is 0.495. The fourth-order valence-electron chi connectivity index (χ4n) is 1.93. The van der Waals surface area contributed by atoms with Gasteiger partial charge in [-0.15, -0.1) is 5.10 Å². The predicted octanol–water partition coefficient (Wildman–Crippen LogP) is 1.24. The average Bonchev–Trinajstić information content (AvgIpc) is 2.74. The maximum Gasteiger partial charge on any atom is 0.119 e. The minimum Gasteiger partial charge on any atom is -0.497 e. The molecule has 0 radical (unpaired) electrons. The Bertz CT molecular complexity index is 533. The van der Waals surface area contributed by atoms with E-state index in [1.54, 1.807) is 11.8 Å². The van der Waals surface area contributed by atoms with Crippen LogP contribution in [0.25, 0.3) is 0 Å². The zero-order valence-electron chi connectivity index (χ0n) is 10.9. The average molecular weight is 246 g/mol. The summed E-state index contributed by atoms with van der Waals surface area (Å²) in [5.74, 6) is 0.809. The first-order valence-electron chi connectivity index (χ1n) is 5.80. The van der Waals surface area contributed by atoms with Crippen LogP contribution >= 0.6 is 0 Å². The van der Waals surface area contributed by atoms with Gasteiger partial charge in [-0.05, 0) is 24.6 Å². The van der Waals surface area contributed by atoms with Crippen molar-refractivity contribution in [1.82, 2.24) is 15.0 Å². The summed E-state index contributed by atoms with van der Waals surface area (Å²) < 4.78 is 6.89. The lowest BCUT2D eigenvalue weighted by molar-refractivity contribution is 0.410. The molecule has 0 saturated heterocycles. The number of ether oxygens (including phenoxy) is 1. The van der Waals surface area contributed by atoms with Gasteiger partial charge in [-0.25, -0.2) is 0 Å².